The molecule has 6 nitrogen and oxygen atoms in total. The fraction of sp³-hybridized carbons (Fsp3) is 0.474. The molecule has 0 fully saturated rings. The van der Waals surface area contributed by atoms with Gasteiger partial charge in [0.05, 0.1) is 23.5 Å². The summed E-state index contributed by atoms with van der Waals surface area (Å²) in [7, 11) is 1.69. The number of hydrogen-bond donors (Lipinski definition) is 2. The van der Waals surface area contributed by atoms with Gasteiger partial charge in [-0.05, 0) is 51.1 Å². The van der Waals surface area contributed by atoms with Gasteiger partial charge in [-0.3, -0.25) is 4.99 Å². The summed E-state index contributed by atoms with van der Waals surface area (Å²) in [4.78, 5) is 4.56. The van der Waals surface area contributed by atoms with Crippen LogP contribution in [0.4, 0.5) is 4.39 Å². The maximum Gasteiger partial charge on any atom is 0.191 e. The molecule has 0 amide bonds. The Labute approximate surface area is 177 Å². The van der Waals surface area contributed by atoms with Crippen molar-refractivity contribution in [2.24, 2.45) is 4.99 Å². The summed E-state index contributed by atoms with van der Waals surface area (Å²) in [5.74, 6) is 0.507. The number of aliphatic imine (C=N–C) groups is 1. The van der Waals surface area contributed by atoms with E-state index in [1.807, 2.05) is 33.0 Å². The topological polar surface area (TPSA) is 63.5 Å². The number of halogens is 2. The summed E-state index contributed by atoms with van der Waals surface area (Å²) < 4.78 is 20.1. The average molecular weight is 489 g/mol. The van der Waals surface area contributed by atoms with Gasteiger partial charge in [0, 0.05) is 32.8 Å². The molecule has 0 saturated heterocycles. The molecule has 0 saturated carbocycles. The third-order valence-electron chi connectivity index (χ3n) is 3.92. The van der Waals surface area contributed by atoms with E-state index < -0.39 is 0 Å². The molecule has 0 spiro atoms. The molecule has 0 bridgehead atoms. The van der Waals surface area contributed by atoms with Crippen molar-refractivity contribution in [3.63, 3.8) is 0 Å². The van der Waals surface area contributed by atoms with Crippen molar-refractivity contribution in [2.45, 2.75) is 32.8 Å². The minimum Gasteiger partial charge on any atom is -0.377 e. The molecule has 0 aliphatic rings. The van der Waals surface area contributed by atoms with Crippen LogP contribution in [0.5, 0.6) is 0 Å². The van der Waals surface area contributed by atoms with E-state index in [-0.39, 0.29) is 35.4 Å². The highest BCUT2D eigenvalue weighted by molar-refractivity contribution is 14.0. The Morgan fingerprint density at radius 1 is 1.22 bits per heavy atom. The third-order valence-corrected chi connectivity index (χ3v) is 3.92. The van der Waals surface area contributed by atoms with Gasteiger partial charge in [-0.1, -0.05) is 0 Å². The lowest BCUT2D eigenvalue weighted by Crippen LogP contribution is -2.40. The van der Waals surface area contributed by atoms with Crippen molar-refractivity contribution in [1.82, 2.24) is 20.4 Å². The summed E-state index contributed by atoms with van der Waals surface area (Å²) in [5, 5.41) is 11.1. The lowest BCUT2D eigenvalue weighted by Gasteiger charge is -2.21. The molecule has 2 rings (SSSR count). The van der Waals surface area contributed by atoms with E-state index in [1.165, 1.54) is 12.1 Å². The number of nitrogens with zero attached hydrogens (tertiary/aromatic N) is 3. The normalized spacial score (nSPS) is 11.8. The Bertz CT molecular complexity index is 715. The molecule has 2 N–H and O–H groups in total. The van der Waals surface area contributed by atoms with Crippen LogP contribution in [0.1, 0.15) is 26.5 Å². The standard InChI is InChI=1S/C19H28FN5O.HI/c1-5-21-18(23-14-19(2,3)26-4)22-12-10-16-11-13-25(24-16)17-8-6-15(20)7-9-17;/h6-9,11,13H,5,10,12,14H2,1-4H3,(H2,21,22,23);1H. The first-order valence-corrected chi connectivity index (χ1v) is 8.81. The Kier molecular flexibility index (Phi) is 9.71. The molecule has 0 aliphatic heterocycles. The zero-order chi connectivity index (χ0) is 19.0. The number of hydrogen-bond acceptors (Lipinski definition) is 3. The van der Waals surface area contributed by atoms with Crippen molar-refractivity contribution < 1.29 is 9.13 Å². The number of ether oxygens (including phenoxy) is 1. The fourth-order valence-corrected chi connectivity index (χ4v) is 2.22. The van der Waals surface area contributed by atoms with E-state index in [0.717, 1.165) is 30.3 Å². The van der Waals surface area contributed by atoms with Crippen LogP contribution in [-0.4, -0.2) is 48.1 Å². The highest BCUT2D eigenvalue weighted by Gasteiger charge is 2.15. The predicted octanol–water partition coefficient (Wildman–Crippen LogP) is 3.15. The van der Waals surface area contributed by atoms with Gasteiger partial charge in [-0.25, -0.2) is 9.07 Å². The summed E-state index contributed by atoms with van der Waals surface area (Å²) >= 11 is 0. The molecular weight excluding hydrogens is 460 g/mol. The molecule has 1 aromatic heterocycles. The number of rotatable bonds is 8. The molecular formula is C19H29FIN5O. The largest absolute Gasteiger partial charge is 0.377 e. The second kappa shape index (κ2) is 11.2. The number of guanidine groups is 1. The zero-order valence-electron chi connectivity index (χ0n) is 16.3. The van der Waals surface area contributed by atoms with E-state index in [4.69, 9.17) is 4.74 Å². The first-order chi connectivity index (χ1) is 12.4. The van der Waals surface area contributed by atoms with Crippen LogP contribution in [-0.2, 0) is 11.2 Å². The molecule has 0 unspecified atom stereocenters. The Balaban J connectivity index is 0.00000364. The van der Waals surface area contributed by atoms with E-state index >= 15 is 0 Å². The van der Waals surface area contributed by atoms with Gasteiger partial charge < -0.3 is 15.4 Å². The molecule has 1 aromatic carbocycles. The van der Waals surface area contributed by atoms with Gasteiger partial charge in [0.25, 0.3) is 0 Å². The van der Waals surface area contributed by atoms with Crippen molar-refractivity contribution in [2.75, 3.05) is 26.7 Å². The first-order valence-electron chi connectivity index (χ1n) is 8.81. The monoisotopic (exact) mass is 489 g/mol. The minimum atomic E-state index is -0.295. The summed E-state index contributed by atoms with van der Waals surface area (Å²) in [5.41, 5.74) is 1.49. The van der Waals surface area contributed by atoms with Crippen molar-refractivity contribution in [3.05, 3.63) is 48.0 Å². The molecule has 27 heavy (non-hydrogen) atoms. The number of benzene rings is 1. The zero-order valence-corrected chi connectivity index (χ0v) is 18.7. The van der Waals surface area contributed by atoms with Gasteiger partial charge in [-0.15, -0.1) is 24.0 Å². The van der Waals surface area contributed by atoms with Crippen LogP contribution in [0.3, 0.4) is 0 Å². The quantitative estimate of drug-likeness (QED) is 0.340. The summed E-state index contributed by atoms with van der Waals surface area (Å²) in [6.07, 6.45) is 2.63. The van der Waals surface area contributed by atoms with Gasteiger partial charge in [-0.2, -0.15) is 5.10 Å². The lowest BCUT2D eigenvalue weighted by molar-refractivity contribution is 0.0310. The number of aromatic nitrogens is 2. The maximum absolute atomic E-state index is 13.0. The van der Waals surface area contributed by atoms with Gasteiger partial charge in [0.2, 0.25) is 0 Å². The average Bonchev–Trinajstić information content (AvgIpc) is 3.09. The fourth-order valence-electron chi connectivity index (χ4n) is 2.22. The van der Waals surface area contributed by atoms with Crippen LogP contribution in [0.15, 0.2) is 41.5 Å². The van der Waals surface area contributed by atoms with Crippen molar-refractivity contribution in [1.29, 1.82) is 0 Å². The Morgan fingerprint density at radius 2 is 1.93 bits per heavy atom. The van der Waals surface area contributed by atoms with Crippen LogP contribution in [0, 0.1) is 5.82 Å². The molecule has 0 atom stereocenters. The first kappa shape index (κ1) is 23.4. The van der Waals surface area contributed by atoms with E-state index in [9.17, 15) is 4.39 Å². The van der Waals surface area contributed by atoms with Crippen LogP contribution < -0.4 is 10.6 Å². The lowest BCUT2D eigenvalue weighted by atomic mass is 10.1. The van der Waals surface area contributed by atoms with Crippen LogP contribution in [0.25, 0.3) is 5.69 Å². The maximum atomic E-state index is 13.0. The summed E-state index contributed by atoms with van der Waals surface area (Å²) in [6, 6.07) is 8.23. The second-order valence-electron chi connectivity index (χ2n) is 6.56. The number of methoxy groups -OCH3 is 1. The Morgan fingerprint density at radius 3 is 2.56 bits per heavy atom. The second-order valence-corrected chi connectivity index (χ2v) is 6.56. The molecule has 1 heterocycles. The van der Waals surface area contributed by atoms with E-state index in [0.29, 0.717) is 13.1 Å². The van der Waals surface area contributed by atoms with Gasteiger partial charge in [0.1, 0.15) is 5.82 Å². The SMILES string of the molecule is CCNC(=NCC(C)(C)OC)NCCc1ccn(-c2ccc(F)cc2)n1.I. The molecule has 0 radical (unpaired) electrons. The van der Waals surface area contributed by atoms with Gasteiger partial charge >= 0.3 is 0 Å². The molecule has 150 valence electrons. The summed E-state index contributed by atoms with van der Waals surface area (Å²) in [6.45, 7) is 8.10. The van der Waals surface area contributed by atoms with Crippen molar-refractivity contribution in [3.8, 4) is 5.69 Å². The molecule has 2 aromatic rings. The smallest absolute Gasteiger partial charge is 0.191 e. The highest BCUT2D eigenvalue weighted by atomic mass is 127. The Hall–Kier alpha value is -1.68. The van der Waals surface area contributed by atoms with Crippen LogP contribution in [0.2, 0.25) is 0 Å². The van der Waals surface area contributed by atoms with Gasteiger partial charge in [0.15, 0.2) is 5.96 Å². The highest BCUT2D eigenvalue weighted by Crippen LogP contribution is 2.09. The van der Waals surface area contributed by atoms with Crippen molar-refractivity contribution >= 4 is 29.9 Å². The van der Waals surface area contributed by atoms with E-state index in [2.05, 4.69) is 20.7 Å². The molecule has 0 aliphatic carbocycles. The molecule has 8 heteroatoms. The van der Waals surface area contributed by atoms with E-state index in [1.54, 1.807) is 23.9 Å². The van der Waals surface area contributed by atoms with Crippen LogP contribution >= 0.6 is 24.0 Å². The minimum absolute atomic E-state index is 0. The third kappa shape index (κ3) is 7.84. The predicted molar refractivity (Wildman–Crippen MR) is 118 cm³/mol. The number of nitrogens with one attached hydrogen (secondary N) is 2.